The largest absolute Gasteiger partial charge is 0.479 e. The van der Waals surface area contributed by atoms with Gasteiger partial charge in [0.05, 0.1) is 0 Å². The van der Waals surface area contributed by atoms with Gasteiger partial charge in [-0.05, 0) is 0 Å². The fourth-order valence-corrected chi connectivity index (χ4v) is 2.28. The van der Waals surface area contributed by atoms with Crippen LogP contribution in [0.4, 0.5) is 0 Å². The minimum atomic E-state index is -2.27. The first kappa shape index (κ1) is 42.1. The lowest BCUT2D eigenvalue weighted by Gasteiger charge is -2.37. The number of hydrogen-bond donors (Lipinski definition) is 6. The molecular formula is C11H28Cl3N3O12. The van der Waals surface area contributed by atoms with Gasteiger partial charge in [-0.3, -0.25) is 9.69 Å². The first-order valence-corrected chi connectivity index (χ1v) is 7.68. The molecule has 0 bridgehead atoms. The summed E-state index contributed by atoms with van der Waals surface area (Å²) in [7, 11) is 0. The quantitative estimate of drug-likeness (QED) is 0.149. The Labute approximate surface area is 179 Å². The van der Waals surface area contributed by atoms with Crippen molar-refractivity contribution < 1.29 is 62.2 Å². The fraction of sp³-hybridized carbons (Fsp3) is 0.727. The summed E-state index contributed by atoms with van der Waals surface area (Å²) in [6.07, 6.45) is -4.55. The SMILES string of the molecule is O.O.O.O.O.O=C(O)C(O)C(O)C(=O)O.O=CNC(N1CCNCC1)C(Cl)(Cl)Cl. The topological polar surface area (TPSA) is 317 Å². The molecule has 3 atom stereocenters. The highest BCUT2D eigenvalue weighted by molar-refractivity contribution is 6.68. The number of alkyl halides is 3. The summed E-state index contributed by atoms with van der Waals surface area (Å²) in [5.41, 5.74) is 0. The van der Waals surface area contributed by atoms with Gasteiger partial charge >= 0.3 is 11.9 Å². The van der Waals surface area contributed by atoms with Gasteiger partial charge in [0.2, 0.25) is 10.2 Å². The molecule has 1 amide bonds. The lowest BCUT2D eigenvalue weighted by atomic mass is 10.2. The van der Waals surface area contributed by atoms with Crippen LogP contribution in [0.1, 0.15) is 0 Å². The second-order valence-corrected chi connectivity index (χ2v) is 6.95. The number of piperazine rings is 1. The van der Waals surface area contributed by atoms with Crippen LogP contribution in [0.3, 0.4) is 0 Å². The van der Waals surface area contributed by atoms with Gasteiger partial charge in [-0.15, -0.1) is 0 Å². The summed E-state index contributed by atoms with van der Waals surface area (Å²) in [5, 5.41) is 38.2. The average Bonchev–Trinajstić information content (AvgIpc) is 2.51. The third-order valence-corrected chi connectivity index (χ3v) is 3.48. The minimum absolute atomic E-state index is 0. The average molecular weight is 501 g/mol. The number of carboxylic acids is 2. The maximum Gasteiger partial charge on any atom is 0.335 e. The monoisotopic (exact) mass is 499 g/mol. The Morgan fingerprint density at radius 2 is 1.28 bits per heavy atom. The Hall–Kier alpha value is -1.08. The van der Waals surface area contributed by atoms with Crippen LogP contribution in [0.5, 0.6) is 0 Å². The lowest BCUT2D eigenvalue weighted by molar-refractivity contribution is -0.165. The molecule has 1 aliphatic rings. The van der Waals surface area contributed by atoms with Crippen LogP contribution >= 0.6 is 34.8 Å². The van der Waals surface area contributed by atoms with Crippen LogP contribution in [-0.4, -0.2) is 119 Å². The van der Waals surface area contributed by atoms with Crippen molar-refractivity contribution in [3.8, 4) is 0 Å². The Kier molecular flexibility index (Phi) is 29.3. The molecule has 0 aromatic rings. The second-order valence-electron chi connectivity index (χ2n) is 4.58. The minimum Gasteiger partial charge on any atom is -0.479 e. The molecule has 0 aromatic heterocycles. The number of nitrogens with one attached hydrogen (secondary N) is 2. The smallest absolute Gasteiger partial charge is 0.335 e. The van der Waals surface area contributed by atoms with Gasteiger partial charge in [-0.25, -0.2) is 9.59 Å². The van der Waals surface area contributed by atoms with Gasteiger partial charge in [0, 0.05) is 26.2 Å². The van der Waals surface area contributed by atoms with E-state index in [1.54, 1.807) is 0 Å². The maximum absolute atomic E-state index is 10.4. The molecule has 1 fully saturated rings. The van der Waals surface area contributed by atoms with E-state index >= 15 is 0 Å². The number of amides is 1. The van der Waals surface area contributed by atoms with Crippen molar-refractivity contribution in [1.82, 2.24) is 15.5 Å². The third kappa shape index (κ3) is 16.4. The van der Waals surface area contributed by atoms with E-state index in [9.17, 15) is 14.4 Å². The molecule has 3 unspecified atom stereocenters. The van der Waals surface area contributed by atoms with Crippen molar-refractivity contribution in [2.45, 2.75) is 22.2 Å². The molecule has 0 radical (unpaired) electrons. The lowest BCUT2D eigenvalue weighted by Crippen LogP contribution is -2.58. The third-order valence-electron chi connectivity index (χ3n) is 2.86. The van der Waals surface area contributed by atoms with Gasteiger partial charge in [0.1, 0.15) is 6.17 Å². The maximum atomic E-state index is 10.4. The molecule has 29 heavy (non-hydrogen) atoms. The van der Waals surface area contributed by atoms with Gasteiger partial charge in [0.15, 0.2) is 12.2 Å². The zero-order valence-electron chi connectivity index (χ0n) is 14.7. The molecule has 0 aromatic carbocycles. The summed E-state index contributed by atoms with van der Waals surface area (Å²) in [5.74, 6) is -3.54. The number of carboxylic acid groups (broad SMARTS) is 2. The second kappa shape index (κ2) is 20.2. The van der Waals surface area contributed by atoms with Crippen molar-refractivity contribution >= 4 is 53.2 Å². The molecule has 1 saturated heterocycles. The summed E-state index contributed by atoms with van der Waals surface area (Å²) < 4.78 is -1.50. The number of aliphatic hydroxyl groups excluding tert-OH is 2. The standard InChI is InChI=1S/C7H12Cl3N3O.C4H6O6.5H2O/c8-7(9,10)6(12-5-14)13-3-1-11-2-4-13;5-1(3(7)8)2(6)4(9)10;;;;;/h5-6,11H,1-4H2,(H,12,14);1-2,5-6H,(H,7,8)(H,9,10);5*1H2. The van der Waals surface area contributed by atoms with Gasteiger partial charge in [0.25, 0.3) is 0 Å². The number of aliphatic carboxylic acids is 2. The Morgan fingerprint density at radius 1 is 0.931 bits per heavy atom. The Balaban J connectivity index is -0.0000000809. The molecule has 18 heteroatoms. The van der Waals surface area contributed by atoms with Gasteiger partial charge in [-0.1, -0.05) is 34.8 Å². The Bertz CT molecular complexity index is 419. The van der Waals surface area contributed by atoms with Gasteiger partial charge < -0.3 is 58.4 Å². The van der Waals surface area contributed by atoms with Gasteiger partial charge in [-0.2, -0.15) is 0 Å². The highest BCUT2D eigenvalue weighted by Crippen LogP contribution is 2.31. The number of nitrogens with zero attached hydrogens (tertiary/aromatic N) is 1. The van der Waals surface area contributed by atoms with E-state index < -0.39 is 34.1 Å². The van der Waals surface area contributed by atoms with Crippen LogP contribution in [0.15, 0.2) is 0 Å². The summed E-state index contributed by atoms with van der Waals surface area (Å²) in [4.78, 5) is 31.8. The van der Waals surface area contributed by atoms with Crippen molar-refractivity contribution in [2.75, 3.05) is 26.2 Å². The highest BCUT2D eigenvalue weighted by Gasteiger charge is 2.37. The van der Waals surface area contributed by atoms with Crippen molar-refractivity contribution in [2.24, 2.45) is 0 Å². The van der Waals surface area contributed by atoms with Crippen LogP contribution in [0, 0.1) is 0 Å². The molecular weight excluding hydrogens is 472 g/mol. The van der Waals surface area contributed by atoms with Crippen LogP contribution in [-0.2, 0) is 14.4 Å². The molecule has 1 heterocycles. The molecule has 0 aliphatic carbocycles. The van der Waals surface area contributed by atoms with E-state index in [0.717, 1.165) is 26.2 Å². The predicted molar refractivity (Wildman–Crippen MR) is 103 cm³/mol. The summed E-state index contributed by atoms with van der Waals surface area (Å²) in [6, 6.07) is 0. The van der Waals surface area contributed by atoms with Crippen molar-refractivity contribution in [3.05, 3.63) is 0 Å². The first-order valence-electron chi connectivity index (χ1n) is 6.55. The molecule has 180 valence electrons. The van der Waals surface area contributed by atoms with Crippen molar-refractivity contribution in [1.29, 1.82) is 0 Å². The van der Waals surface area contributed by atoms with Crippen LogP contribution in [0.2, 0.25) is 0 Å². The Morgan fingerprint density at radius 3 is 1.52 bits per heavy atom. The highest BCUT2D eigenvalue weighted by atomic mass is 35.6. The van der Waals surface area contributed by atoms with E-state index in [0.29, 0.717) is 6.41 Å². The molecule has 16 N–H and O–H groups in total. The molecule has 0 saturated carbocycles. The number of carbonyl (C=O) groups is 3. The predicted octanol–water partition coefficient (Wildman–Crippen LogP) is -5.91. The zero-order chi connectivity index (χ0) is 18.9. The van der Waals surface area contributed by atoms with E-state index in [1.807, 2.05) is 4.90 Å². The van der Waals surface area contributed by atoms with E-state index in [2.05, 4.69) is 10.6 Å². The number of hydrogen-bond acceptors (Lipinski definition) is 7. The zero-order valence-corrected chi connectivity index (χ0v) is 17.0. The molecule has 1 aliphatic heterocycles. The van der Waals surface area contributed by atoms with E-state index in [-0.39, 0.29) is 27.4 Å². The molecule has 15 nitrogen and oxygen atoms in total. The molecule has 0 spiro atoms. The number of carbonyl (C=O) groups excluding carboxylic acids is 1. The number of aliphatic hydroxyl groups is 2. The van der Waals surface area contributed by atoms with Crippen LogP contribution in [0.25, 0.3) is 0 Å². The molecule has 1 rings (SSSR count). The summed E-state index contributed by atoms with van der Waals surface area (Å²) >= 11 is 17.3. The first-order chi connectivity index (χ1) is 11.0. The van der Waals surface area contributed by atoms with E-state index in [1.165, 1.54) is 0 Å². The fourth-order valence-electron chi connectivity index (χ4n) is 1.68. The van der Waals surface area contributed by atoms with Crippen molar-refractivity contribution in [3.63, 3.8) is 0 Å². The number of halogens is 3. The van der Waals surface area contributed by atoms with E-state index in [4.69, 9.17) is 55.2 Å². The number of rotatable bonds is 6. The van der Waals surface area contributed by atoms with Crippen LogP contribution < -0.4 is 10.6 Å². The normalized spacial score (nSPS) is 15.9. The summed E-state index contributed by atoms with van der Waals surface area (Å²) in [6.45, 7) is 3.16.